The number of nitrogens with two attached hydrogens (primary N) is 1. The van der Waals surface area contributed by atoms with Gasteiger partial charge in [-0.25, -0.2) is 4.39 Å². The molecule has 0 spiro atoms. The largest absolute Gasteiger partial charge is 0.374 e. The highest BCUT2D eigenvalue weighted by atomic mass is 35.5. The minimum atomic E-state index is -0.398. The van der Waals surface area contributed by atoms with Crippen molar-refractivity contribution < 1.29 is 9.13 Å². The fourth-order valence-corrected chi connectivity index (χ4v) is 2.81. The normalized spacial score (nSPS) is 25.3. The summed E-state index contributed by atoms with van der Waals surface area (Å²) in [6.07, 6.45) is 3.68. The van der Waals surface area contributed by atoms with E-state index in [9.17, 15) is 4.39 Å². The second kappa shape index (κ2) is 6.18. The number of halogens is 2. The van der Waals surface area contributed by atoms with E-state index in [4.69, 9.17) is 22.2 Å². The van der Waals surface area contributed by atoms with E-state index in [1.54, 1.807) is 6.07 Å². The van der Waals surface area contributed by atoms with Crippen molar-refractivity contribution >= 4 is 11.6 Å². The summed E-state index contributed by atoms with van der Waals surface area (Å²) in [4.78, 5) is 0. The maximum absolute atomic E-state index is 13.5. The lowest BCUT2D eigenvalue weighted by atomic mass is 9.85. The van der Waals surface area contributed by atoms with Gasteiger partial charge in [0.15, 0.2) is 0 Å². The molecule has 1 aromatic carbocycles. The second-order valence-electron chi connectivity index (χ2n) is 5.25. The lowest BCUT2D eigenvalue weighted by molar-refractivity contribution is -0.0884. The number of hydrazine groups is 1. The standard InChI is InChI=1S/C14H20ClFN2O/c1-14(7-2-3-8-19-14)12(18-17)9-10-5-4-6-11(16)13(10)15/h4-6,12,18H,2-3,7-9,17H2,1H3. The molecule has 2 unspecified atom stereocenters. The molecule has 2 rings (SSSR count). The van der Waals surface area contributed by atoms with Crippen LogP contribution < -0.4 is 11.3 Å². The topological polar surface area (TPSA) is 47.3 Å². The van der Waals surface area contributed by atoms with Crippen molar-refractivity contribution in [2.75, 3.05) is 6.61 Å². The van der Waals surface area contributed by atoms with Crippen molar-refractivity contribution in [2.24, 2.45) is 5.84 Å². The average Bonchev–Trinajstić information content (AvgIpc) is 2.41. The SMILES string of the molecule is CC1(C(Cc2cccc(F)c2Cl)NN)CCCCO1. The molecule has 2 atom stereocenters. The van der Waals surface area contributed by atoms with Crippen LogP contribution in [0.15, 0.2) is 18.2 Å². The molecular formula is C14H20ClFN2O. The lowest BCUT2D eigenvalue weighted by Crippen LogP contribution is -2.55. The van der Waals surface area contributed by atoms with Crippen molar-refractivity contribution in [1.29, 1.82) is 0 Å². The molecule has 0 bridgehead atoms. The fraction of sp³-hybridized carbons (Fsp3) is 0.571. The predicted molar refractivity (Wildman–Crippen MR) is 74.4 cm³/mol. The van der Waals surface area contributed by atoms with Crippen LogP contribution in [-0.4, -0.2) is 18.2 Å². The van der Waals surface area contributed by atoms with E-state index in [0.717, 1.165) is 31.4 Å². The molecule has 0 aliphatic carbocycles. The van der Waals surface area contributed by atoms with Gasteiger partial charge in [0.2, 0.25) is 0 Å². The lowest BCUT2D eigenvalue weighted by Gasteiger charge is -2.40. The van der Waals surface area contributed by atoms with E-state index in [1.165, 1.54) is 6.07 Å². The molecular weight excluding hydrogens is 267 g/mol. The maximum atomic E-state index is 13.5. The zero-order valence-corrected chi connectivity index (χ0v) is 11.8. The molecule has 1 aliphatic heterocycles. The summed E-state index contributed by atoms with van der Waals surface area (Å²) >= 11 is 5.99. The van der Waals surface area contributed by atoms with Gasteiger partial charge in [0.25, 0.3) is 0 Å². The summed E-state index contributed by atoms with van der Waals surface area (Å²) in [7, 11) is 0. The zero-order valence-electron chi connectivity index (χ0n) is 11.1. The monoisotopic (exact) mass is 286 g/mol. The number of ether oxygens (including phenoxy) is 1. The number of hydrogen-bond donors (Lipinski definition) is 2. The summed E-state index contributed by atoms with van der Waals surface area (Å²) in [5.74, 6) is 5.26. The van der Waals surface area contributed by atoms with Gasteiger partial charge in [0.05, 0.1) is 16.7 Å². The van der Waals surface area contributed by atoms with Crippen molar-refractivity contribution in [3.05, 3.63) is 34.6 Å². The smallest absolute Gasteiger partial charge is 0.142 e. The Balaban J connectivity index is 2.16. The number of benzene rings is 1. The van der Waals surface area contributed by atoms with Crippen LogP contribution >= 0.6 is 11.6 Å². The molecule has 0 radical (unpaired) electrons. The molecule has 1 aliphatic rings. The van der Waals surface area contributed by atoms with Crippen LogP contribution in [0.3, 0.4) is 0 Å². The number of hydrogen-bond acceptors (Lipinski definition) is 3. The third-order valence-electron chi connectivity index (χ3n) is 3.89. The van der Waals surface area contributed by atoms with Gasteiger partial charge in [-0.1, -0.05) is 23.7 Å². The Morgan fingerprint density at radius 2 is 2.32 bits per heavy atom. The van der Waals surface area contributed by atoms with E-state index in [1.807, 2.05) is 13.0 Å². The Morgan fingerprint density at radius 3 is 2.95 bits per heavy atom. The Morgan fingerprint density at radius 1 is 1.53 bits per heavy atom. The summed E-state index contributed by atoms with van der Waals surface area (Å²) < 4.78 is 19.3. The van der Waals surface area contributed by atoms with Crippen molar-refractivity contribution in [3.63, 3.8) is 0 Å². The van der Waals surface area contributed by atoms with Crippen molar-refractivity contribution in [2.45, 2.75) is 44.2 Å². The van der Waals surface area contributed by atoms with Crippen LogP contribution in [0.4, 0.5) is 4.39 Å². The molecule has 3 N–H and O–H groups in total. The molecule has 0 saturated carbocycles. The van der Waals surface area contributed by atoms with E-state index >= 15 is 0 Å². The van der Waals surface area contributed by atoms with Gasteiger partial charge in [-0.05, 0) is 44.2 Å². The first-order valence-corrected chi connectivity index (χ1v) is 6.97. The molecule has 3 nitrogen and oxygen atoms in total. The van der Waals surface area contributed by atoms with E-state index < -0.39 is 5.82 Å². The van der Waals surface area contributed by atoms with Crippen LogP contribution in [0.2, 0.25) is 5.02 Å². The van der Waals surface area contributed by atoms with E-state index in [-0.39, 0.29) is 16.7 Å². The summed E-state index contributed by atoms with van der Waals surface area (Å²) in [5.41, 5.74) is 3.22. The highest BCUT2D eigenvalue weighted by molar-refractivity contribution is 6.31. The average molecular weight is 287 g/mol. The maximum Gasteiger partial charge on any atom is 0.142 e. The van der Waals surface area contributed by atoms with Gasteiger partial charge in [0, 0.05) is 6.61 Å². The fourth-order valence-electron chi connectivity index (χ4n) is 2.61. The third-order valence-corrected chi connectivity index (χ3v) is 4.32. The highest BCUT2D eigenvalue weighted by Crippen LogP contribution is 2.31. The van der Waals surface area contributed by atoms with Crippen molar-refractivity contribution in [3.8, 4) is 0 Å². The van der Waals surface area contributed by atoms with Crippen LogP contribution in [0.5, 0.6) is 0 Å². The molecule has 19 heavy (non-hydrogen) atoms. The van der Waals surface area contributed by atoms with Gasteiger partial charge >= 0.3 is 0 Å². The Labute approximate surface area is 118 Å². The van der Waals surface area contributed by atoms with Gasteiger partial charge in [-0.15, -0.1) is 0 Å². The van der Waals surface area contributed by atoms with Crippen molar-refractivity contribution in [1.82, 2.24) is 5.43 Å². The van der Waals surface area contributed by atoms with Gasteiger partial charge in [0.1, 0.15) is 5.82 Å². The predicted octanol–water partition coefficient (Wildman–Crippen LogP) is 2.81. The van der Waals surface area contributed by atoms with E-state index in [2.05, 4.69) is 5.43 Å². The molecule has 0 aromatic heterocycles. The molecule has 1 aromatic rings. The number of rotatable bonds is 4. The minimum absolute atomic E-state index is 0.0906. The van der Waals surface area contributed by atoms with Crippen LogP contribution in [0, 0.1) is 5.82 Å². The summed E-state index contributed by atoms with van der Waals surface area (Å²) in [5, 5.41) is 0.169. The molecule has 106 valence electrons. The first-order chi connectivity index (χ1) is 9.07. The van der Waals surface area contributed by atoms with Crippen LogP contribution in [0.25, 0.3) is 0 Å². The van der Waals surface area contributed by atoms with Crippen LogP contribution in [0.1, 0.15) is 31.7 Å². The molecule has 0 amide bonds. The Hall–Kier alpha value is -0.680. The first kappa shape index (κ1) is 14.7. The number of nitrogens with one attached hydrogen (secondary N) is 1. The zero-order chi connectivity index (χ0) is 13.9. The first-order valence-electron chi connectivity index (χ1n) is 6.60. The molecule has 1 fully saturated rings. The highest BCUT2D eigenvalue weighted by Gasteiger charge is 2.36. The van der Waals surface area contributed by atoms with Gasteiger partial charge in [-0.3, -0.25) is 11.3 Å². The minimum Gasteiger partial charge on any atom is -0.374 e. The third kappa shape index (κ3) is 3.26. The Bertz CT molecular complexity index is 435. The molecule has 1 saturated heterocycles. The molecule has 1 heterocycles. The van der Waals surface area contributed by atoms with Gasteiger partial charge in [-0.2, -0.15) is 0 Å². The quantitative estimate of drug-likeness (QED) is 0.661. The second-order valence-corrected chi connectivity index (χ2v) is 5.63. The molecule has 5 heteroatoms. The van der Waals surface area contributed by atoms with Gasteiger partial charge < -0.3 is 4.74 Å². The summed E-state index contributed by atoms with van der Waals surface area (Å²) in [6, 6.07) is 4.75. The Kier molecular flexibility index (Phi) is 4.79. The summed E-state index contributed by atoms with van der Waals surface area (Å²) in [6.45, 7) is 2.79. The van der Waals surface area contributed by atoms with E-state index in [0.29, 0.717) is 6.42 Å². The van der Waals surface area contributed by atoms with Crippen LogP contribution in [-0.2, 0) is 11.2 Å².